The van der Waals surface area contributed by atoms with Gasteiger partial charge in [0.15, 0.2) is 5.78 Å². The van der Waals surface area contributed by atoms with E-state index in [2.05, 4.69) is 19.9 Å². The molecule has 0 aliphatic carbocycles. The molecule has 3 atom stereocenters. The lowest BCUT2D eigenvalue weighted by atomic mass is 9.87. The van der Waals surface area contributed by atoms with Crippen LogP contribution in [0, 0.1) is 18.8 Å². The fourth-order valence-electron chi connectivity index (χ4n) is 4.48. The zero-order chi connectivity index (χ0) is 23.2. The topological polar surface area (TPSA) is 66.8 Å². The highest BCUT2D eigenvalue weighted by Crippen LogP contribution is 2.39. The zero-order valence-corrected chi connectivity index (χ0v) is 20.3. The normalized spacial score (nSPS) is 20.8. The maximum atomic E-state index is 12.3. The second kappa shape index (κ2) is 11.2. The number of phenols is 1. The Balaban J connectivity index is 1.77. The van der Waals surface area contributed by atoms with Crippen LogP contribution in [0.5, 0.6) is 11.5 Å². The van der Waals surface area contributed by atoms with Crippen LogP contribution in [0.15, 0.2) is 23.8 Å². The van der Waals surface area contributed by atoms with E-state index in [0.29, 0.717) is 18.1 Å². The van der Waals surface area contributed by atoms with E-state index in [-0.39, 0.29) is 17.3 Å². The van der Waals surface area contributed by atoms with Gasteiger partial charge in [0.05, 0.1) is 0 Å². The van der Waals surface area contributed by atoms with Gasteiger partial charge in [0, 0.05) is 5.92 Å². The van der Waals surface area contributed by atoms with E-state index in [1.165, 1.54) is 5.57 Å². The molecule has 174 valence electrons. The van der Waals surface area contributed by atoms with Gasteiger partial charge < -0.3 is 14.9 Å². The van der Waals surface area contributed by atoms with E-state index in [4.69, 9.17) is 4.74 Å². The third kappa shape index (κ3) is 7.68. The summed E-state index contributed by atoms with van der Waals surface area (Å²) in [5, 5.41) is 19.8. The van der Waals surface area contributed by atoms with Crippen molar-refractivity contribution in [2.45, 2.75) is 105 Å². The first-order chi connectivity index (χ1) is 14.5. The summed E-state index contributed by atoms with van der Waals surface area (Å²) in [6.45, 7) is 12.3. The van der Waals surface area contributed by atoms with Crippen LogP contribution in [0.3, 0.4) is 0 Å². The number of hydrogen-bond donors (Lipinski definition) is 2. The minimum Gasteiger partial charge on any atom is -0.508 e. The predicted molar refractivity (Wildman–Crippen MR) is 127 cm³/mol. The largest absolute Gasteiger partial charge is 0.508 e. The standard InChI is InChI=1S/C27H42O4/c1-18(2)15-24(29)25(30)20(4)11-7-9-19(3)10-8-13-27(6)14-12-22-17-23(28)16-21(5)26(22)31-27/h10,16-18,20,24,28-29H,7-9,11-15H2,1-6H3/b19-10+/t20-,24+,27-/m1/s1. The van der Waals surface area contributed by atoms with Crippen molar-refractivity contribution in [3.63, 3.8) is 0 Å². The summed E-state index contributed by atoms with van der Waals surface area (Å²) in [4.78, 5) is 12.3. The molecule has 4 heteroatoms. The Kier molecular flexibility index (Phi) is 9.17. The number of ether oxygens (including phenoxy) is 1. The van der Waals surface area contributed by atoms with Crippen LogP contribution in [-0.2, 0) is 11.2 Å². The van der Waals surface area contributed by atoms with Crippen LogP contribution in [0.2, 0.25) is 0 Å². The molecule has 0 spiro atoms. The van der Waals surface area contributed by atoms with Crippen LogP contribution < -0.4 is 4.74 Å². The molecule has 0 unspecified atom stereocenters. The minimum atomic E-state index is -0.819. The quantitative estimate of drug-likeness (QED) is 0.405. The second-order valence-corrected chi connectivity index (χ2v) is 10.2. The lowest BCUT2D eigenvalue weighted by Gasteiger charge is -2.36. The van der Waals surface area contributed by atoms with E-state index in [1.54, 1.807) is 6.07 Å². The smallest absolute Gasteiger partial charge is 0.164 e. The maximum absolute atomic E-state index is 12.3. The molecule has 1 aliphatic heterocycles. The Bertz CT molecular complexity index is 780. The first-order valence-corrected chi connectivity index (χ1v) is 11.9. The van der Waals surface area contributed by atoms with Crippen LogP contribution in [0.1, 0.15) is 90.7 Å². The number of phenolic OH excluding ortho intramolecular Hbond substituents is 1. The zero-order valence-electron chi connectivity index (χ0n) is 20.3. The van der Waals surface area contributed by atoms with Crippen LogP contribution in [0.25, 0.3) is 0 Å². The number of aromatic hydroxyl groups is 1. The summed E-state index contributed by atoms with van der Waals surface area (Å²) in [5.74, 6) is 1.48. The Morgan fingerprint density at radius 2 is 2.00 bits per heavy atom. The predicted octanol–water partition coefficient (Wildman–Crippen LogP) is 6.29. The second-order valence-electron chi connectivity index (χ2n) is 10.2. The van der Waals surface area contributed by atoms with Crippen molar-refractivity contribution < 1.29 is 19.7 Å². The Labute approximate surface area is 188 Å². The monoisotopic (exact) mass is 430 g/mol. The average Bonchev–Trinajstić information content (AvgIpc) is 2.67. The van der Waals surface area contributed by atoms with Gasteiger partial charge in [-0.3, -0.25) is 4.79 Å². The van der Waals surface area contributed by atoms with Crippen molar-refractivity contribution in [2.75, 3.05) is 0 Å². The first-order valence-electron chi connectivity index (χ1n) is 11.9. The number of aryl methyl sites for hydroxylation is 2. The van der Waals surface area contributed by atoms with Crippen molar-refractivity contribution >= 4 is 5.78 Å². The molecule has 1 heterocycles. The number of rotatable bonds is 11. The molecule has 1 aromatic rings. The molecule has 0 bridgehead atoms. The number of aliphatic hydroxyl groups excluding tert-OH is 1. The molecule has 0 amide bonds. The molecule has 0 saturated carbocycles. The van der Waals surface area contributed by atoms with Crippen molar-refractivity contribution in [1.82, 2.24) is 0 Å². The fourth-order valence-corrected chi connectivity index (χ4v) is 4.48. The lowest BCUT2D eigenvalue weighted by Crippen LogP contribution is -2.36. The average molecular weight is 431 g/mol. The van der Waals surface area contributed by atoms with Gasteiger partial charge in [-0.05, 0) is 101 Å². The Morgan fingerprint density at radius 3 is 2.68 bits per heavy atom. The Morgan fingerprint density at radius 1 is 1.29 bits per heavy atom. The molecule has 31 heavy (non-hydrogen) atoms. The summed E-state index contributed by atoms with van der Waals surface area (Å²) in [6, 6.07) is 3.59. The van der Waals surface area contributed by atoms with Crippen LogP contribution >= 0.6 is 0 Å². The summed E-state index contributed by atoms with van der Waals surface area (Å²) < 4.78 is 6.37. The van der Waals surface area contributed by atoms with E-state index >= 15 is 0 Å². The minimum absolute atomic E-state index is 0.0124. The third-order valence-electron chi connectivity index (χ3n) is 6.49. The maximum Gasteiger partial charge on any atom is 0.164 e. The number of ketones is 1. The van der Waals surface area contributed by atoms with E-state index < -0.39 is 6.10 Å². The van der Waals surface area contributed by atoms with Gasteiger partial charge in [-0.25, -0.2) is 0 Å². The van der Waals surface area contributed by atoms with Gasteiger partial charge in [-0.2, -0.15) is 0 Å². The van der Waals surface area contributed by atoms with Crippen molar-refractivity contribution in [3.05, 3.63) is 34.9 Å². The van der Waals surface area contributed by atoms with E-state index in [1.807, 2.05) is 33.8 Å². The van der Waals surface area contributed by atoms with Gasteiger partial charge in [0.2, 0.25) is 0 Å². The summed E-state index contributed by atoms with van der Waals surface area (Å²) in [5.41, 5.74) is 3.26. The number of Topliss-reactive ketones (excluding diaryl/α,β-unsaturated/α-hetero) is 1. The molecule has 2 N–H and O–H groups in total. The number of aliphatic hydroxyl groups is 1. The number of fused-ring (bicyclic) bond motifs is 1. The van der Waals surface area contributed by atoms with Gasteiger partial charge in [0.1, 0.15) is 23.2 Å². The summed E-state index contributed by atoms with van der Waals surface area (Å²) in [6.07, 6.45) is 8.61. The summed E-state index contributed by atoms with van der Waals surface area (Å²) in [7, 11) is 0. The van der Waals surface area contributed by atoms with Crippen molar-refractivity contribution in [1.29, 1.82) is 0 Å². The molecular formula is C27H42O4. The number of hydrogen-bond acceptors (Lipinski definition) is 4. The molecule has 0 saturated heterocycles. The highest BCUT2D eigenvalue weighted by Gasteiger charge is 2.32. The van der Waals surface area contributed by atoms with E-state index in [0.717, 1.165) is 61.8 Å². The fraction of sp³-hybridized carbons (Fsp3) is 0.667. The van der Waals surface area contributed by atoms with Gasteiger partial charge in [0.25, 0.3) is 0 Å². The highest BCUT2D eigenvalue weighted by atomic mass is 16.5. The number of carbonyl (C=O) groups is 1. The van der Waals surface area contributed by atoms with Crippen molar-refractivity contribution in [3.8, 4) is 11.5 Å². The molecular weight excluding hydrogens is 388 g/mol. The highest BCUT2D eigenvalue weighted by molar-refractivity contribution is 5.84. The number of carbonyl (C=O) groups excluding carboxylic acids is 1. The SMILES string of the molecule is C/C(=C\CC[C@]1(C)CCc2cc(O)cc(C)c2O1)CCC[C@@H](C)C(=O)[C@@H](O)CC(C)C. The van der Waals surface area contributed by atoms with Crippen LogP contribution in [-0.4, -0.2) is 27.7 Å². The van der Waals surface area contributed by atoms with Gasteiger partial charge >= 0.3 is 0 Å². The molecule has 0 fully saturated rings. The van der Waals surface area contributed by atoms with Gasteiger partial charge in [-0.15, -0.1) is 0 Å². The van der Waals surface area contributed by atoms with Gasteiger partial charge in [-0.1, -0.05) is 32.4 Å². The number of benzene rings is 1. The molecule has 2 rings (SSSR count). The lowest BCUT2D eigenvalue weighted by molar-refractivity contribution is -0.131. The van der Waals surface area contributed by atoms with Crippen LogP contribution in [0.4, 0.5) is 0 Å². The molecule has 0 radical (unpaired) electrons. The Hall–Kier alpha value is -1.81. The summed E-state index contributed by atoms with van der Waals surface area (Å²) >= 11 is 0. The molecule has 1 aliphatic rings. The van der Waals surface area contributed by atoms with Crippen molar-refractivity contribution in [2.24, 2.45) is 11.8 Å². The first kappa shape index (κ1) is 25.5. The van der Waals surface area contributed by atoms with E-state index in [9.17, 15) is 15.0 Å². The number of allylic oxidation sites excluding steroid dienone is 2. The molecule has 0 aromatic heterocycles. The third-order valence-corrected chi connectivity index (χ3v) is 6.49. The molecule has 1 aromatic carbocycles. The molecule has 4 nitrogen and oxygen atoms in total.